The quantitative estimate of drug-likeness (QED) is 0.729. The van der Waals surface area contributed by atoms with Crippen LogP contribution in [0.2, 0.25) is 0 Å². The molecular formula is C14H9F2N. The number of rotatable bonds is 1. The SMILES string of the molecule is Cc1ccc(F)c(-c2cc(F)cc(C#N)c2)c1. The molecule has 1 nitrogen and oxygen atoms in total. The fourth-order valence-electron chi connectivity index (χ4n) is 1.67. The van der Waals surface area contributed by atoms with Gasteiger partial charge in [0.25, 0.3) is 0 Å². The number of hydrogen-bond acceptors (Lipinski definition) is 1. The molecule has 0 N–H and O–H groups in total. The number of hydrogen-bond donors (Lipinski definition) is 0. The first-order valence-corrected chi connectivity index (χ1v) is 5.07. The van der Waals surface area contributed by atoms with Gasteiger partial charge in [0.2, 0.25) is 0 Å². The highest BCUT2D eigenvalue weighted by atomic mass is 19.1. The van der Waals surface area contributed by atoms with Gasteiger partial charge in [-0.2, -0.15) is 5.26 Å². The van der Waals surface area contributed by atoms with E-state index < -0.39 is 11.6 Å². The Balaban J connectivity index is 2.64. The van der Waals surface area contributed by atoms with Crippen LogP contribution in [0.15, 0.2) is 36.4 Å². The van der Waals surface area contributed by atoms with Crippen LogP contribution in [-0.4, -0.2) is 0 Å². The molecule has 0 unspecified atom stereocenters. The van der Waals surface area contributed by atoms with Crippen molar-refractivity contribution in [2.75, 3.05) is 0 Å². The van der Waals surface area contributed by atoms with E-state index in [4.69, 9.17) is 5.26 Å². The van der Waals surface area contributed by atoms with Gasteiger partial charge in [-0.05, 0) is 42.8 Å². The lowest BCUT2D eigenvalue weighted by Crippen LogP contribution is -1.89. The van der Waals surface area contributed by atoms with E-state index in [0.717, 1.165) is 11.6 Å². The van der Waals surface area contributed by atoms with E-state index >= 15 is 0 Å². The molecule has 0 saturated heterocycles. The average molecular weight is 229 g/mol. The molecule has 0 radical (unpaired) electrons. The van der Waals surface area contributed by atoms with Crippen LogP contribution in [0, 0.1) is 29.9 Å². The van der Waals surface area contributed by atoms with E-state index in [-0.39, 0.29) is 5.56 Å². The molecular weight excluding hydrogens is 220 g/mol. The monoisotopic (exact) mass is 229 g/mol. The van der Waals surface area contributed by atoms with Crippen molar-refractivity contribution in [3.05, 3.63) is 59.2 Å². The first-order valence-electron chi connectivity index (χ1n) is 5.07. The van der Waals surface area contributed by atoms with Gasteiger partial charge in [0.15, 0.2) is 0 Å². The molecule has 84 valence electrons. The Bertz CT molecular complexity index is 612. The van der Waals surface area contributed by atoms with Crippen LogP contribution in [0.3, 0.4) is 0 Å². The summed E-state index contributed by atoms with van der Waals surface area (Å²) in [7, 11) is 0. The zero-order valence-electron chi connectivity index (χ0n) is 9.17. The van der Waals surface area contributed by atoms with E-state index in [1.54, 1.807) is 12.1 Å². The minimum atomic E-state index is -0.542. The lowest BCUT2D eigenvalue weighted by atomic mass is 10.0. The molecule has 0 spiro atoms. The first-order chi connectivity index (χ1) is 8.10. The molecule has 0 aromatic heterocycles. The van der Waals surface area contributed by atoms with Crippen molar-refractivity contribution in [2.45, 2.75) is 6.92 Å². The van der Waals surface area contributed by atoms with Crippen LogP contribution in [0.4, 0.5) is 8.78 Å². The number of halogens is 2. The summed E-state index contributed by atoms with van der Waals surface area (Å²) < 4.78 is 26.9. The third-order valence-electron chi connectivity index (χ3n) is 2.46. The van der Waals surface area contributed by atoms with Gasteiger partial charge in [-0.1, -0.05) is 11.6 Å². The van der Waals surface area contributed by atoms with E-state index in [0.29, 0.717) is 11.1 Å². The summed E-state index contributed by atoms with van der Waals surface area (Å²) in [6.07, 6.45) is 0. The molecule has 0 heterocycles. The third-order valence-corrected chi connectivity index (χ3v) is 2.46. The van der Waals surface area contributed by atoms with Crippen LogP contribution in [-0.2, 0) is 0 Å². The number of nitrogens with zero attached hydrogens (tertiary/aromatic N) is 1. The Labute approximate surface area is 97.9 Å². The van der Waals surface area contributed by atoms with E-state index in [9.17, 15) is 8.78 Å². The molecule has 0 saturated carbocycles. The molecule has 0 bridgehead atoms. The number of benzene rings is 2. The van der Waals surface area contributed by atoms with Crippen LogP contribution < -0.4 is 0 Å². The van der Waals surface area contributed by atoms with Gasteiger partial charge in [0.1, 0.15) is 11.6 Å². The lowest BCUT2D eigenvalue weighted by Gasteiger charge is -2.05. The number of aryl methyl sites for hydroxylation is 1. The molecule has 0 aliphatic heterocycles. The second kappa shape index (κ2) is 4.34. The van der Waals surface area contributed by atoms with E-state index in [2.05, 4.69) is 0 Å². The summed E-state index contributed by atoms with van der Waals surface area (Å²) >= 11 is 0. The van der Waals surface area contributed by atoms with Gasteiger partial charge >= 0.3 is 0 Å². The summed E-state index contributed by atoms with van der Waals surface area (Å²) in [4.78, 5) is 0. The highest BCUT2D eigenvalue weighted by Gasteiger charge is 2.08. The molecule has 0 atom stereocenters. The Morgan fingerprint density at radius 2 is 1.82 bits per heavy atom. The molecule has 2 rings (SSSR count). The summed E-state index contributed by atoms with van der Waals surface area (Å²) in [6.45, 7) is 1.83. The van der Waals surface area contributed by atoms with Gasteiger partial charge in [-0.25, -0.2) is 8.78 Å². The summed E-state index contributed by atoms with van der Waals surface area (Å²) in [5.41, 5.74) is 1.74. The summed E-state index contributed by atoms with van der Waals surface area (Å²) in [5.74, 6) is -0.968. The molecule has 0 fully saturated rings. The molecule has 3 heteroatoms. The predicted octanol–water partition coefficient (Wildman–Crippen LogP) is 3.81. The maximum absolute atomic E-state index is 13.6. The van der Waals surface area contributed by atoms with Crippen LogP contribution in [0.1, 0.15) is 11.1 Å². The topological polar surface area (TPSA) is 23.8 Å². The summed E-state index contributed by atoms with van der Waals surface area (Å²) in [6, 6.07) is 10.3. The van der Waals surface area contributed by atoms with Gasteiger partial charge in [0.05, 0.1) is 11.6 Å². The van der Waals surface area contributed by atoms with Gasteiger partial charge in [-0.15, -0.1) is 0 Å². The second-order valence-electron chi connectivity index (χ2n) is 3.82. The fourth-order valence-corrected chi connectivity index (χ4v) is 1.67. The van der Waals surface area contributed by atoms with E-state index in [1.807, 2.05) is 13.0 Å². The van der Waals surface area contributed by atoms with Crippen molar-refractivity contribution < 1.29 is 8.78 Å². The largest absolute Gasteiger partial charge is 0.207 e. The molecule has 0 aliphatic rings. The fraction of sp³-hybridized carbons (Fsp3) is 0.0714. The minimum absolute atomic E-state index is 0.181. The smallest absolute Gasteiger partial charge is 0.131 e. The van der Waals surface area contributed by atoms with Crippen LogP contribution in [0.5, 0.6) is 0 Å². The van der Waals surface area contributed by atoms with Crippen LogP contribution >= 0.6 is 0 Å². The number of nitriles is 1. The molecule has 2 aromatic rings. The predicted molar refractivity (Wildman–Crippen MR) is 61.2 cm³/mol. The Morgan fingerprint density at radius 1 is 1.06 bits per heavy atom. The highest BCUT2D eigenvalue weighted by Crippen LogP contribution is 2.25. The average Bonchev–Trinajstić information content (AvgIpc) is 2.31. The maximum Gasteiger partial charge on any atom is 0.131 e. The normalized spacial score (nSPS) is 10.0. The zero-order chi connectivity index (χ0) is 12.4. The Hall–Kier alpha value is -2.21. The zero-order valence-corrected chi connectivity index (χ0v) is 9.17. The van der Waals surface area contributed by atoms with Crippen molar-refractivity contribution in [3.63, 3.8) is 0 Å². The van der Waals surface area contributed by atoms with E-state index in [1.165, 1.54) is 18.2 Å². The molecule has 2 aromatic carbocycles. The van der Waals surface area contributed by atoms with Gasteiger partial charge in [-0.3, -0.25) is 0 Å². The van der Waals surface area contributed by atoms with Gasteiger partial charge in [0, 0.05) is 5.56 Å². The molecule has 17 heavy (non-hydrogen) atoms. The minimum Gasteiger partial charge on any atom is -0.207 e. The maximum atomic E-state index is 13.6. The van der Waals surface area contributed by atoms with Crippen LogP contribution in [0.25, 0.3) is 11.1 Å². The van der Waals surface area contributed by atoms with Crippen molar-refractivity contribution >= 4 is 0 Å². The summed E-state index contributed by atoms with van der Waals surface area (Å²) in [5, 5.41) is 8.75. The van der Waals surface area contributed by atoms with Crippen molar-refractivity contribution in [3.8, 4) is 17.2 Å². The Morgan fingerprint density at radius 3 is 2.53 bits per heavy atom. The first kappa shape index (κ1) is 11.3. The lowest BCUT2D eigenvalue weighted by molar-refractivity contribution is 0.624. The standard InChI is InChI=1S/C14H9F2N/c1-9-2-3-14(16)13(4-9)11-5-10(8-17)6-12(15)7-11/h2-7H,1H3. The van der Waals surface area contributed by atoms with Crippen molar-refractivity contribution in [1.29, 1.82) is 5.26 Å². The molecule has 0 aliphatic carbocycles. The third kappa shape index (κ3) is 2.31. The Kier molecular flexibility index (Phi) is 2.88. The second-order valence-corrected chi connectivity index (χ2v) is 3.82. The van der Waals surface area contributed by atoms with Crippen molar-refractivity contribution in [2.24, 2.45) is 0 Å². The highest BCUT2D eigenvalue weighted by molar-refractivity contribution is 5.66. The van der Waals surface area contributed by atoms with Crippen molar-refractivity contribution in [1.82, 2.24) is 0 Å². The molecule has 0 amide bonds. The van der Waals surface area contributed by atoms with Gasteiger partial charge < -0.3 is 0 Å².